The second kappa shape index (κ2) is 5.74. The molecule has 19 heavy (non-hydrogen) atoms. The highest BCUT2D eigenvalue weighted by atomic mass is 32.2. The molecule has 104 valence electrons. The zero-order chi connectivity index (χ0) is 13.9. The minimum absolute atomic E-state index is 0.0374. The van der Waals surface area contributed by atoms with E-state index in [2.05, 4.69) is 0 Å². The van der Waals surface area contributed by atoms with Crippen molar-refractivity contribution in [2.45, 2.75) is 30.6 Å². The second-order valence-electron chi connectivity index (χ2n) is 4.84. The minimum atomic E-state index is -3.30. The Morgan fingerprint density at radius 1 is 1.26 bits per heavy atom. The Morgan fingerprint density at radius 2 is 1.95 bits per heavy atom. The van der Waals surface area contributed by atoms with E-state index in [1.807, 2.05) is 0 Å². The first-order valence-corrected chi connectivity index (χ1v) is 8.07. The lowest BCUT2D eigenvalue weighted by molar-refractivity contribution is -0.120. The van der Waals surface area contributed by atoms with E-state index in [1.54, 1.807) is 24.3 Å². The average molecular weight is 282 g/mol. The summed E-state index contributed by atoms with van der Waals surface area (Å²) in [5.74, 6) is 0.818. The van der Waals surface area contributed by atoms with Gasteiger partial charge in [-0.25, -0.2) is 8.42 Å². The van der Waals surface area contributed by atoms with Crippen LogP contribution in [0.5, 0.6) is 5.75 Å². The molecular formula is C14H18O4S. The van der Waals surface area contributed by atoms with Gasteiger partial charge in [-0.3, -0.25) is 4.79 Å². The van der Waals surface area contributed by atoms with Crippen molar-refractivity contribution in [3.8, 4) is 5.75 Å². The number of Topliss-reactive ketones (excluding diaryl/α,β-unsaturated/α-hetero) is 1. The SMILES string of the molecule is COc1ccc(S(=O)(=O)CCC2CCCC2=O)cc1. The molecule has 0 bridgehead atoms. The standard InChI is InChI=1S/C14H18O4S/c1-18-12-5-7-13(8-6-12)19(16,17)10-9-11-3-2-4-14(11)15/h5-8,11H,2-4,9-10H2,1H3. The summed E-state index contributed by atoms with van der Waals surface area (Å²) in [5.41, 5.74) is 0. The van der Waals surface area contributed by atoms with Crippen LogP contribution in [0.1, 0.15) is 25.7 Å². The van der Waals surface area contributed by atoms with Gasteiger partial charge in [-0.05, 0) is 43.5 Å². The van der Waals surface area contributed by atoms with Crippen molar-refractivity contribution in [2.75, 3.05) is 12.9 Å². The second-order valence-corrected chi connectivity index (χ2v) is 6.95. The van der Waals surface area contributed by atoms with Crippen molar-refractivity contribution in [1.82, 2.24) is 0 Å². The van der Waals surface area contributed by atoms with Crippen LogP contribution in [0.3, 0.4) is 0 Å². The molecule has 0 aromatic heterocycles. The van der Waals surface area contributed by atoms with E-state index in [4.69, 9.17) is 4.74 Å². The number of methoxy groups -OCH3 is 1. The molecule has 2 rings (SSSR count). The van der Waals surface area contributed by atoms with Crippen LogP contribution in [0, 0.1) is 5.92 Å². The van der Waals surface area contributed by atoms with Crippen molar-refractivity contribution < 1.29 is 17.9 Å². The Kier molecular flexibility index (Phi) is 4.24. The summed E-state index contributed by atoms with van der Waals surface area (Å²) in [7, 11) is -1.77. The fourth-order valence-corrected chi connectivity index (χ4v) is 3.77. The van der Waals surface area contributed by atoms with Crippen LogP contribution in [0.25, 0.3) is 0 Å². The lowest BCUT2D eigenvalue weighted by Crippen LogP contribution is -2.14. The molecule has 1 fully saturated rings. The van der Waals surface area contributed by atoms with E-state index in [9.17, 15) is 13.2 Å². The molecule has 0 spiro atoms. The largest absolute Gasteiger partial charge is 0.497 e. The van der Waals surface area contributed by atoms with Gasteiger partial charge in [-0.15, -0.1) is 0 Å². The number of ether oxygens (including phenoxy) is 1. The number of carbonyl (C=O) groups is 1. The number of hydrogen-bond donors (Lipinski definition) is 0. The molecule has 4 nitrogen and oxygen atoms in total. The summed E-state index contributed by atoms with van der Waals surface area (Å²) in [6.45, 7) is 0. The highest BCUT2D eigenvalue weighted by molar-refractivity contribution is 7.91. The Labute approximate surface area is 113 Å². The van der Waals surface area contributed by atoms with E-state index in [0.717, 1.165) is 12.8 Å². The average Bonchev–Trinajstić information content (AvgIpc) is 2.82. The van der Waals surface area contributed by atoms with Gasteiger partial charge < -0.3 is 4.74 Å². The van der Waals surface area contributed by atoms with E-state index in [0.29, 0.717) is 23.5 Å². The van der Waals surface area contributed by atoms with Crippen molar-refractivity contribution in [1.29, 1.82) is 0 Å². The van der Waals surface area contributed by atoms with Gasteiger partial charge in [-0.2, -0.15) is 0 Å². The van der Waals surface area contributed by atoms with Gasteiger partial charge in [0.2, 0.25) is 0 Å². The summed E-state index contributed by atoms with van der Waals surface area (Å²) in [4.78, 5) is 11.8. The molecule has 0 N–H and O–H groups in total. The molecule has 1 aliphatic rings. The summed E-state index contributed by atoms with van der Waals surface area (Å²) in [6.07, 6.45) is 2.77. The van der Waals surface area contributed by atoms with Gasteiger partial charge in [0.05, 0.1) is 17.8 Å². The predicted molar refractivity (Wildman–Crippen MR) is 72.0 cm³/mol. The summed E-state index contributed by atoms with van der Waals surface area (Å²) in [6, 6.07) is 6.36. The van der Waals surface area contributed by atoms with Crippen LogP contribution in [0.2, 0.25) is 0 Å². The minimum Gasteiger partial charge on any atom is -0.497 e. The maximum atomic E-state index is 12.1. The van der Waals surface area contributed by atoms with E-state index in [1.165, 1.54) is 7.11 Å². The highest BCUT2D eigenvalue weighted by Crippen LogP contribution is 2.26. The molecule has 0 amide bonds. The normalized spacial score (nSPS) is 19.6. The van der Waals surface area contributed by atoms with E-state index in [-0.39, 0.29) is 17.5 Å². The van der Waals surface area contributed by atoms with Crippen LogP contribution < -0.4 is 4.74 Å². The molecule has 1 aliphatic carbocycles. The molecule has 5 heteroatoms. The Bertz CT molecular complexity index is 545. The molecule has 1 aromatic carbocycles. The quantitative estimate of drug-likeness (QED) is 0.831. The summed E-state index contributed by atoms with van der Waals surface area (Å²) >= 11 is 0. The first-order valence-electron chi connectivity index (χ1n) is 6.42. The molecule has 0 aliphatic heterocycles. The maximum Gasteiger partial charge on any atom is 0.178 e. The van der Waals surface area contributed by atoms with Gasteiger partial charge in [0.25, 0.3) is 0 Å². The van der Waals surface area contributed by atoms with Gasteiger partial charge in [0, 0.05) is 12.3 Å². The number of ketones is 1. The van der Waals surface area contributed by atoms with E-state index >= 15 is 0 Å². The van der Waals surface area contributed by atoms with E-state index < -0.39 is 9.84 Å². The van der Waals surface area contributed by atoms with Gasteiger partial charge in [-0.1, -0.05) is 0 Å². The van der Waals surface area contributed by atoms with Crippen LogP contribution in [-0.4, -0.2) is 27.1 Å². The molecule has 0 heterocycles. The highest BCUT2D eigenvalue weighted by Gasteiger charge is 2.26. The van der Waals surface area contributed by atoms with Crippen LogP contribution in [0.15, 0.2) is 29.2 Å². The van der Waals surface area contributed by atoms with Gasteiger partial charge in [0.15, 0.2) is 9.84 Å². The number of benzene rings is 1. The molecular weight excluding hydrogens is 264 g/mol. The van der Waals surface area contributed by atoms with Gasteiger partial charge in [0.1, 0.15) is 11.5 Å². The third-order valence-electron chi connectivity index (χ3n) is 3.58. The lowest BCUT2D eigenvalue weighted by atomic mass is 10.1. The number of hydrogen-bond acceptors (Lipinski definition) is 4. The molecule has 1 unspecified atom stereocenters. The van der Waals surface area contributed by atoms with Crippen molar-refractivity contribution in [2.24, 2.45) is 5.92 Å². The third kappa shape index (κ3) is 3.35. The molecule has 0 radical (unpaired) electrons. The molecule has 1 saturated carbocycles. The topological polar surface area (TPSA) is 60.4 Å². The fraction of sp³-hybridized carbons (Fsp3) is 0.500. The van der Waals surface area contributed by atoms with Crippen LogP contribution >= 0.6 is 0 Å². The first-order chi connectivity index (χ1) is 9.03. The number of sulfone groups is 1. The van der Waals surface area contributed by atoms with Crippen LogP contribution in [-0.2, 0) is 14.6 Å². The Morgan fingerprint density at radius 3 is 2.47 bits per heavy atom. The summed E-state index contributed by atoms with van der Waals surface area (Å²) < 4.78 is 29.3. The van der Waals surface area contributed by atoms with Gasteiger partial charge >= 0.3 is 0 Å². The Hall–Kier alpha value is -1.36. The number of rotatable bonds is 5. The summed E-state index contributed by atoms with van der Waals surface area (Å²) in [5, 5.41) is 0. The zero-order valence-corrected chi connectivity index (χ0v) is 11.8. The smallest absolute Gasteiger partial charge is 0.178 e. The lowest BCUT2D eigenvalue weighted by Gasteiger charge is -2.09. The molecule has 1 aromatic rings. The molecule has 0 saturated heterocycles. The van der Waals surface area contributed by atoms with Crippen molar-refractivity contribution in [3.63, 3.8) is 0 Å². The zero-order valence-electron chi connectivity index (χ0n) is 11.0. The maximum absolute atomic E-state index is 12.1. The van der Waals surface area contributed by atoms with Crippen molar-refractivity contribution in [3.05, 3.63) is 24.3 Å². The predicted octanol–water partition coefficient (Wildman–Crippen LogP) is 2.23. The number of carbonyl (C=O) groups excluding carboxylic acids is 1. The fourth-order valence-electron chi connectivity index (χ4n) is 2.39. The Balaban J connectivity index is 2.02. The van der Waals surface area contributed by atoms with Crippen molar-refractivity contribution >= 4 is 15.6 Å². The third-order valence-corrected chi connectivity index (χ3v) is 5.35. The molecule has 1 atom stereocenters. The first kappa shape index (κ1) is 14.1. The monoisotopic (exact) mass is 282 g/mol. The van der Waals surface area contributed by atoms with Crippen LogP contribution in [0.4, 0.5) is 0 Å².